The number of thiophene rings is 1. The lowest BCUT2D eigenvalue weighted by atomic mass is 10.1. The number of allylic oxidation sites excluding steroid dienone is 1. The fourth-order valence-corrected chi connectivity index (χ4v) is 2.38. The fraction of sp³-hybridized carbons (Fsp3) is 0.538. The molecule has 1 N–H and O–H groups in total. The van der Waals surface area contributed by atoms with Crippen LogP contribution in [0, 0.1) is 0 Å². The number of nitrogens with one attached hydrogen (secondary N) is 1. The third kappa shape index (κ3) is 3.99. The van der Waals surface area contributed by atoms with Gasteiger partial charge >= 0.3 is 0 Å². The molecule has 1 aromatic heterocycles. The lowest BCUT2D eigenvalue weighted by Gasteiger charge is -2.13. The Morgan fingerprint density at radius 1 is 1.56 bits per heavy atom. The Hall–Kier alpha value is -0.800. The second kappa shape index (κ2) is 6.71. The van der Waals surface area contributed by atoms with Gasteiger partial charge in [0, 0.05) is 10.3 Å². The van der Waals surface area contributed by atoms with Crippen LogP contribution < -0.4 is 10.1 Å². The van der Waals surface area contributed by atoms with Crippen molar-refractivity contribution < 1.29 is 4.74 Å². The average molecular weight is 239 g/mol. The zero-order valence-corrected chi connectivity index (χ0v) is 11.4. The summed E-state index contributed by atoms with van der Waals surface area (Å²) in [6.07, 6.45) is 3.41. The van der Waals surface area contributed by atoms with Crippen LogP contribution in [0.1, 0.15) is 38.1 Å². The minimum atomic E-state index is 0.318. The summed E-state index contributed by atoms with van der Waals surface area (Å²) < 4.78 is 5.22. The van der Waals surface area contributed by atoms with E-state index in [2.05, 4.69) is 43.6 Å². The molecule has 1 aromatic rings. The standard InChI is InChI=1S/C13H21NOS/c1-5-6-14-12(7-10(2)3)13-8-11(15-4)9-16-13/h7-9,12,14H,5-6H2,1-4H3. The molecule has 90 valence electrons. The van der Waals surface area contributed by atoms with Crippen molar-refractivity contribution >= 4 is 11.3 Å². The van der Waals surface area contributed by atoms with Crippen molar-refractivity contribution in [3.05, 3.63) is 28.0 Å². The first-order valence-corrected chi connectivity index (χ1v) is 6.56. The van der Waals surface area contributed by atoms with Crippen molar-refractivity contribution in [3.8, 4) is 5.75 Å². The van der Waals surface area contributed by atoms with Gasteiger partial charge in [-0.1, -0.05) is 18.6 Å². The number of hydrogen-bond donors (Lipinski definition) is 1. The Morgan fingerprint density at radius 3 is 2.81 bits per heavy atom. The van der Waals surface area contributed by atoms with Gasteiger partial charge in [0.05, 0.1) is 13.2 Å². The molecule has 0 bridgehead atoms. The van der Waals surface area contributed by atoms with E-state index in [4.69, 9.17) is 4.74 Å². The molecular formula is C13H21NOS. The van der Waals surface area contributed by atoms with Crippen molar-refractivity contribution in [1.29, 1.82) is 0 Å². The molecule has 1 unspecified atom stereocenters. The van der Waals surface area contributed by atoms with Crippen LogP contribution in [-0.4, -0.2) is 13.7 Å². The van der Waals surface area contributed by atoms with E-state index in [9.17, 15) is 0 Å². The van der Waals surface area contributed by atoms with Crippen molar-refractivity contribution in [2.24, 2.45) is 0 Å². The van der Waals surface area contributed by atoms with Crippen LogP contribution in [0.5, 0.6) is 5.75 Å². The van der Waals surface area contributed by atoms with Gasteiger partial charge in [-0.25, -0.2) is 0 Å². The molecule has 0 aliphatic carbocycles. The molecule has 2 nitrogen and oxygen atoms in total. The van der Waals surface area contributed by atoms with Crippen molar-refractivity contribution in [2.75, 3.05) is 13.7 Å². The van der Waals surface area contributed by atoms with E-state index in [1.807, 2.05) is 0 Å². The maximum atomic E-state index is 5.22. The summed E-state index contributed by atoms with van der Waals surface area (Å²) in [4.78, 5) is 1.31. The Kier molecular flexibility index (Phi) is 5.56. The molecule has 0 amide bonds. The molecule has 3 heteroatoms. The highest BCUT2D eigenvalue weighted by Crippen LogP contribution is 2.28. The molecule has 0 aromatic carbocycles. The summed E-state index contributed by atoms with van der Waals surface area (Å²) in [5, 5.41) is 5.58. The summed E-state index contributed by atoms with van der Waals surface area (Å²) in [6, 6.07) is 2.43. The molecule has 1 heterocycles. The summed E-state index contributed by atoms with van der Waals surface area (Å²) in [5.74, 6) is 0.949. The van der Waals surface area contributed by atoms with Gasteiger partial charge in [-0.15, -0.1) is 11.3 Å². The second-order valence-corrected chi connectivity index (χ2v) is 5.01. The Bertz CT molecular complexity index is 339. The molecule has 0 saturated carbocycles. The average Bonchev–Trinajstić information content (AvgIpc) is 2.72. The molecule has 0 radical (unpaired) electrons. The quantitative estimate of drug-likeness (QED) is 0.763. The molecule has 0 saturated heterocycles. The van der Waals surface area contributed by atoms with Crippen LogP contribution in [0.25, 0.3) is 0 Å². The van der Waals surface area contributed by atoms with Crippen molar-refractivity contribution in [2.45, 2.75) is 33.2 Å². The molecule has 1 atom stereocenters. The lowest BCUT2D eigenvalue weighted by molar-refractivity contribution is 0.416. The van der Waals surface area contributed by atoms with Crippen LogP contribution in [0.2, 0.25) is 0 Å². The highest BCUT2D eigenvalue weighted by molar-refractivity contribution is 7.10. The molecule has 0 aliphatic heterocycles. The van der Waals surface area contributed by atoms with E-state index in [-0.39, 0.29) is 0 Å². The Labute approximate surface area is 102 Å². The number of rotatable bonds is 6. The van der Waals surface area contributed by atoms with E-state index >= 15 is 0 Å². The fourth-order valence-electron chi connectivity index (χ4n) is 1.48. The molecule has 0 fully saturated rings. The van der Waals surface area contributed by atoms with E-state index in [1.165, 1.54) is 10.5 Å². The normalized spacial score (nSPS) is 12.2. The monoisotopic (exact) mass is 239 g/mol. The van der Waals surface area contributed by atoms with Gasteiger partial charge in [0.15, 0.2) is 0 Å². The van der Waals surface area contributed by atoms with Gasteiger partial charge in [-0.3, -0.25) is 0 Å². The van der Waals surface area contributed by atoms with E-state index in [0.29, 0.717) is 6.04 Å². The Morgan fingerprint density at radius 2 is 2.31 bits per heavy atom. The van der Waals surface area contributed by atoms with Gasteiger partial charge in [0.25, 0.3) is 0 Å². The predicted molar refractivity (Wildman–Crippen MR) is 71.3 cm³/mol. The minimum absolute atomic E-state index is 0.318. The van der Waals surface area contributed by atoms with E-state index < -0.39 is 0 Å². The van der Waals surface area contributed by atoms with Crippen LogP contribution in [-0.2, 0) is 0 Å². The topological polar surface area (TPSA) is 21.3 Å². The lowest BCUT2D eigenvalue weighted by Crippen LogP contribution is -2.19. The largest absolute Gasteiger partial charge is 0.496 e. The second-order valence-electron chi connectivity index (χ2n) is 4.06. The van der Waals surface area contributed by atoms with E-state index in [0.717, 1.165) is 18.7 Å². The first-order chi connectivity index (χ1) is 7.67. The molecule has 1 rings (SSSR count). The van der Waals surface area contributed by atoms with E-state index in [1.54, 1.807) is 18.4 Å². The van der Waals surface area contributed by atoms with Crippen LogP contribution in [0.4, 0.5) is 0 Å². The van der Waals surface area contributed by atoms with Gasteiger partial charge in [-0.05, 0) is 32.9 Å². The zero-order chi connectivity index (χ0) is 12.0. The van der Waals surface area contributed by atoms with Gasteiger partial charge in [-0.2, -0.15) is 0 Å². The smallest absolute Gasteiger partial charge is 0.129 e. The van der Waals surface area contributed by atoms with Crippen LogP contribution >= 0.6 is 11.3 Å². The number of hydrogen-bond acceptors (Lipinski definition) is 3. The minimum Gasteiger partial charge on any atom is -0.496 e. The third-order valence-corrected chi connectivity index (χ3v) is 3.25. The van der Waals surface area contributed by atoms with Crippen molar-refractivity contribution in [1.82, 2.24) is 5.32 Å². The van der Waals surface area contributed by atoms with Gasteiger partial charge in [0.2, 0.25) is 0 Å². The number of ether oxygens (including phenoxy) is 1. The first kappa shape index (κ1) is 13.3. The first-order valence-electron chi connectivity index (χ1n) is 5.68. The molecule has 0 spiro atoms. The molecule has 16 heavy (non-hydrogen) atoms. The van der Waals surface area contributed by atoms with Gasteiger partial charge < -0.3 is 10.1 Å². The van der Waals surface area contributed by atoms with Crippen molar-refractivity contribution in [3.63, 3.8) is 0 Å². The van der Waals surface area contributed by atoms with Crippen LogP contribution in [0.15, 0.2) is 23.1 Å². The summed E-state index contributed by atoms with van der Waals surface area (Å²) in [7, 11) is 1.71. The summed E-state index contributed by atoms with van der Waals surface area (Å²) in [5.41, 5.74) is 1.33. The van der Waals surface area contributed by atoms with Crippen LogP contribution in [0.3, 0.4) is 0 Å². The maximum absolute atomic E-state index is 5.22. The third-order valence-electron chi connectivity index (χ3n) is 2.25. The summed E-state index contributed by atoms with van der Waals surface area (Å²) >= 11 is 1.74. The SMILES string of the molecule is CCCNC(C=C(C)C)c1cc(OC)cs1. The zero-order valence-electron chi connectivity index (χ0n) is 10.5. The Balaban J connectivity index is 2.78. The number of methoxy groups -OCH3 is 1. The molecule has 0 aliphatic rings. The maximum Gasteiger partial charge on any atom is 0.129 e. The summed E-state index contributed by atoms with van der Waals surface area (Å²) in [6.45, 7) is 7.48. The van der Waals surface area contributed by atoms with Gasteiger partial charge in [0.1, 0.15) is 5.75 Å². The highest BCUT2D eigenvalue weighted by Gasteiger charge is 2.10. The predicted octanol–water partition coefficient (Wildman–Crippen LogP) is 3.76. The highest BCUT2D eigenvalue weighted by atomic mass is 32.1. The molecular weight excluding hydrogens is 218 g/mol.